The molecule has 120 valence electrons. The highest BCUT2D eigenvalue weighted by atomic mass is 16.5. The third-order valence-electron chi connectivity index (χ3n) is 5.54. The molecule has 0 bridgehead atoms. The maximum atomic E-state index is 12.5. The Labute approximate surface area is 126 Å². The fourth-order valence-electron chi connectivity index (χ4n) is 4.16. The van der Waals surface area contributed by atoms with Gasteiger partial charge in [-0.1, -0.05) is 0 Å². The van der Waals surface area contributed by atoms with E-state index < -0.39 is 5.60 Å². The molecule has 0 radical (unpaired) electrons. The average Bonchev–Trinajstić information content (AvgIpc) is 2.45. The Bertz CT molecular complexity index is 392. The number of aliphatic hydroxyl groups is 1. The molecule has 3 fully saturated rings. The molecule has 1 amide bonds. The van der Waals surface area contributed by atoms with E-state index >= 15 is 0 Å². The molecule has 2 atom stereocenters. The molecule has 2 unspecified atom stereocenters. The fraction of sp³-hybridized carbons (Fsp3) is 0.938. The minimum absolute atomic E-state index is 0.0524. The number of carbonyl (C=O) groups excluding carboxylic acids is 1. The third kappa shape index (κ3) is 2.96. The zero-order valence-corrected chi connectivity index (χ0v) is 13.0. The van der Waals surface area contributed by atoms with Crippen LogP contribution in [0.2, 0.25) is 0 Å². The first kappa shape index (κ1) is 15.3. The van der Waals surface area contributed by atoms with E-state index in [2.05, 4.69) is 0 Å². The molecule has 5 heteroatoms. The molecule has 0 aromatic heterocycles. The number of ether oxygens (including phenoxy) is 2. The number of carbonyl (C=O) groups is 1. The van der Waals surface area contributed by atoms with E-state index in [1.165, 1.54) is 0 Å². The van der Waals surface area contributed by atoms with Crippen LogP contribution in [0.25, 0.3) is 0 Å². The summed E-state index contributed by atoms with van der Waals surface area (Å²) in [6.45, 7) is 2.92. The van der Waals surface area contributed by atoms with Gasteiger partial charge in [-0.05, 0) is 38.5 Å². The van der Waals surface area contributed by atoms with Crippen molar-refractivity contribution < 1.29 is 19.4 Å². The first-order chi connectivity index (χ1) is 10.1. The van der Waals surface area contributed by atoms with Crippen LogP contribution in [-0.4, -0.2) is 61.0 Å². The van der Waals surface area contributed by atoms with E-state index in [1.54, 1.807) is 7.11 Å². The quantitative estimate of drug-likeness (QED) is 0.850. The van der Waals surface area contributed by atoms with E-state index in [0.29, 0.717) is 13.2 Å². The Morgan fingerprint density at radius 1 is 1.38 bits per heavy atom. The van der Waals surface area contributed by atoms with Crippen molar-refractivity contribution in [2.45, 2.75) is 56.7 Å². The van der Waals surface area contributed by atoms with Gasteiger partial charge in [-0.25, -0.2) is 0 Å². The highest BCUT2D eigenvalue weighted by molar-refractivity contribution is 5.77. The van der Waals surface area contributed by atoms with Gasteiger partial charge in [-0.15, -0.1) is 0 Å². The van der Waals surface area contributed by atoms with Crippen LogP contribution in [0, 0.1) is 5.41 Å². The second-order valence-corrected chi connectivity index (χ2v) is 7.12. The number of rotatable bonds is 4. The molecule has 2 saturated heterocycles. The van der Waals surface area contributed by atoms with Gasteiger partial charge < -0.3 is 19.5 Å². The highest BCUT2D eigenvalue weighted by Crippen LogP contribution is 2.41. The molecule has 0 aromatic rings. The van der Waals surface area contributed by atoms with Crippen LogP contribution in [-0.2, 0) is 14.3 Å². The van der Waals surface area contributed by atoms with E-state index in [9.17, 15) is 9.90 Å². The molecule has 0 spiro atoms. The van der Waals surface area contributed by atoms with Crippen LogP contribution in [0.4, 0.5) is 0 Å². The molecular weight excluding hydrogens is 270 g/mol. The molecule has 1 aliphatic carbocycles. The molecule has 1 saturated carbocycles. The van der Waals surface area contributed by atoms with Crippen molar-refractivity contribution in [3.63, 3.8) is 0 Å². The van der Waals surface area contributed by atoms with Gasteiger partial charge in [0, 0.05) is 32.2 Å². The van der Waals surface area contributed by atoms with E-state index in [-0.39, 0.29) is 23.8 Å². The predicted molar refractivity (Wildman–Crippen MR) is 77.9 cm³/mol. The van der Waals surface area contributed by atoms with Crippen molar-refractivity contribution in [3.8, 4) is 0 Å². The van der Waals surface area contributed by atoms with Crippen molar-refractivity contribution in [2.24, 2.45) is 5.41 Å². The van der Waals surface area contributed by atoms with Crippen LogP contribution >= 0.6 is 0 Å². The van der Waals surface area contributed by atoms with Crippen LogP contribution in [0.1, 0.15) is 44.9 Å². The monoisotopic (exact) mass is 297 g/mol. The summed E-state index contributed by atoms with van der Waals surface area (Å²) in [7, 11) is 1.72. The predicted octanol–water partition coefficient (Wildman–Crippen LogP) is 1.34. The van der Waals surface area contributed by atoms with Crippen LogP contribution < -0.4 is 0 Å². The lowest BCUT2D eigenvalue weighted by atomic mass is 9.72. The summed E-state index contributed by atoms with van der Waals surface area (Å²) in [6, 6.07) is 0. The van der Waals surface area contributed by atoms with Crippen LogP contribution in [0.15, 0.2) is 0 Å². The Balaban J connectivity index is 1.66. The number of amides is 1. The normalized spacial score (nSPS) is 35.0. The fourth-order valence-corrected chi connectivity index (χ4v) is 4.16. The molecular formula is C16H27NO4. The Morgan fingerprint density at radius 2 is 2.19 bits per heavy atom. The number of nitrogens with zero attached hydrogens (tertiary/aromatic N) is 1. The average molecular weight is 297 g/mol. The maximum Gasteiger partial charge on any atom is 0.225 e. The maximum absolute atomic E-state index is 12.5. The van der Waals surface area contributed by atoms with Gasteiger partial charge in [-0.2, -0.15) is 0 Å². The van der Waals surface area contributed by atoms with Gasteiger partial charge in [0.2, 0.25) is 5.91 Å². The Kier molecular flexibility index (Phi) is 4.26. The third-order valence-corrected chi connectivity index (χ3v) is 5.54. The number of fused-ring (bicyclic) bond motifs is 1. The van der Waals surface area contributed by atoms with E-state index in [4.69, 9.17) is 9.47 Å². The lowest BCUT2D eigenvalue weighted by Crippen LogP contribution is -2.58. The van der Waals surface area contributed by atoms with E-state index in [0.717, 1.165) is 51.7 Å². The summed E-state index contributed by atoms with van der Waals surface area (Å²) in [5.41, 5.74) is -0.783. The summed E-state index contributed by atoms with van der Waals surface area (Å²) in [6.07, 6.45) is 6.03. The topological polar surface area (TPSA) is 59.0 Å². The summed E-state index contributed by atoms with van der Waals surface area (Å²) in [4.78, 5) is 14.4. The number of likely N-dealkylation sites (tertiary alicyclic amines) is 1. The first-order valence-electron chi connectivity index (χ1n) is 8.18. The zero-order valence-electron chi connectivity index (χ0n) is 13.0. The number of hydrogen-bond donors (Lipinski definition) is 1. The Hall–Kier alpha value is -0.650. The Morgan fingerprint density at radius 3 is 2.86 bits per heavy atom. The highest BCUT2D eigenvalue weighted by Gasteiger charge is 2.48. The van der Waals surface area contributed by atoms with Gasteiger partial charge in [0.1, 0.15) is 0 Å². The zero-order chi connectivity index (χ0) is 14.9. The van der Waals surface area contributed by atoms with Gasteiger partial charge in [0.25, 0.3) is 0 Å². The minimum atomic E-state index is -0.731. The SMILES string of the molecule is COCC12CCCOC1CCN(C(=O)CC1(O)CCC1)C2. The van der Waals surface area contributed by atoms with Gasteiger partial charge in [-0.3, -0.25) is 4.79 Å². The molecule has 5 nitrogen and oxygen atoms in total. The van der Waals surface area contributed by atoms with Gasteiger partial charge in [0.05, 0.1) is 24.7 Å². The molecule has 1 N–H and O–H groups in total. The summed E-state index contributed by atoms with van der Waals surface area (Å²) >= 11 is 0. The second-order valence-electron chi connectivity index (χ2n) is 7.12. The van der Waals surface area contributed by atoms with Gasteiger partial charge in [0.15, 0.2) is 0 Å². The summed E-state index contributed by atoms with van der Waals surface area (Å²) in [5.74, 6) is 0.0942. The lowest BCUT2D eigenvalue weighted by molar-refractivity contribution is -0.166. The summed E-state index contributed by atoms with van der Waals surface area (Å²) in [5, 5.41) is 10.2. The molecule has 21 heavy (non-hydrogen) atoms. The number of piperidine rings is 1. The molecule has 0 aromatic carbocycles. The van der Waals surface area contributed by atoms with E-state index in [1.807, 2.05) is 4.90 Å². The smallest absolute Gasteiger partial charge is 0.225 e. The summed E-state index contributed by atoms with van der Waals surface area (Å²) < 4.78 is 11.4. The minimum Gasteiger partial charge on any atom is -0.389 e. The van der Waals surface area contributed by atoms with Gasteiger partial charge >= 0.3 is 0 Å². The number of hydrogen-bond acceptors (Lipinski definition) is 4. The largest absolute Gasteiger partial charge is 0.389 e. The van der Waals surface area contributed by atoms with Crippen LogP contribution in [0.3, 0.4) is 0 Å². The molecule has 3 aliphatic rings. The molecule has 2 aliphatic heterocycles. The standard InChI is InChI=1S/C16H27NO4/c1-20-12-15-5-3-9-21-13(15)4-8-17(11-15)14(18)10-16(19)6-2-7-16/h13,19H,2-12H2,1H3. The second kappa shape index (κ2) is 5.86. The van der Waals surface area contributed by atoms with Crippen molar-refractivity contribution in [3.05, 3.63) is 0 Å². The lowest BCUT2D eigenvalue weighted by Gasteiger charge is -2.50. The first-order valence-corrected chi connectivity index (χ1v) is 8.18. The number of methoxy groups -OCH3 is 1. The molecule has 3 rings (SSSR count). The molecule has 2 heterocycles. The van der Waals surface area contributed by atoms with Crippen molar-refractivity contribution in [2.75, 3.05) is 33.4 Å². The van der Waals surface area contributed by atoms with Crippen molar-refractivity contribution in [1.29, 1.82) is 0 Å². The van der Waals surface area contributed by atoms with Crippen molar-refractivity contribution in [1.82, 2.24) is 4.90 Å². The van der Waals surface area contributed by atoms with Crippen molar-refractivity contribution >= 4 is 5.91 Å². The van der Waals surface area contributed by atoms with Crippen LogP contribution in [0.5, 0.6) is 0 Å².